The maximum atomic E-state index is 12.8. The number of aromatic hydroxyl groups is 1. The monoisotopic (exact) mass is 588 g/mol. The Morgan fingerprint density at radius 1 is 0.929 bits per heavy atom. The van der Waals surface area contributed by atoms with Crippen molar-refractivity contribution in [1.82, 2.24) is 5.32 Å². The lowest BCUT2D eigenvalue weighted by Gasteiger charge is -2.25. The number of amides is 1. The minimum absolute atomic E-state index is 0.0543. The minimum atomic E-state index is -1.26. The van der Waals surface area contributed by atoms with Gasteiger partial charge < -0.3 is 40.2 Å². The van der Waals surface area contributed by atoms with Crippen LogP contribution in [0.2, 0.25) is 0 Å². The Morgan fingerprint density at radius 2 is 1.57 bits per heavy atom. The molecule has 1 atom stereocenters. The van der Waals surface area contributed by atoms with E-state index in [0.717, 1.165) is 0 Å². The molecule has 0 aliphatic rings. The smallest absolute Gasteiger partial charge is 0.339 e. The molecule has 0 spiro atoms. The molecule has 230 valence electrons. The Labute approximate surface area is 245 Å². The van der Waals surface area contributed by atoms with E-state index in [-0.39, 0.29) is 48.9 Å². The average Bonchev–Trinajstić information content (AvgIpc) is 2.83. The van der Waals surface area contributed by atoms with Crippen molar-refractivity contribution >= 4 is 29.5 Å². The number of anilines is 1. The van der Waals surface area contributed by atoms with Crippen LogP contribution in [0.4, 0.5) is 5.69 Å². The Kier molecular flexibility index (Phi) is 11.6. The predicted molar refractivity (Wildman–Crippen MR) is 153 cm³/mol. The van der Waals surface area contributed by atoms with Gasteiger partial charge in [-0.15, -0.1) is 0 Å². The Morgan fingerprint density at radius 3 is 2.19 bits per heavy atom. The normalized spacial score (nSPS) is 12.1. The van der Waals surface area contributed by atoms with Gasteiger partial charge in [0, 0.05) is 18.2 Å². The largest absolute Gasteiger partial charge is 0.504 e. The summed E-state index contributed by atoms with van der Waals surface area (Å²) < 4.78 is 21.9. The molecule has 0 bridgehead atoms. The zero-order chi connectivity index (χ0) is 31.7. The van der Waals surface area contributed by atoms with Crippen LogP contribution in [-0.4, -0.2) is 64.5 Å². The van der Waals surface area contributed by atoms with Crippen LogP contribution < -0.4 is 20.5 Å². The zero-order valence-corrected chi connectivity index (χ0v) is 24.8. The fourth-order valence-electron chi connectivity index (χ4n) is 3.70. The highest BCUT2D eigenvalue weighted by Gasteiger charge is 2.31. The number of rotatable bonds is 13. The first-order valence-corrected chi connectivity index (χ1v) is 13.4. The summed E-state index contributed by atoms with van der Waals surface area (Å²) >= 11 is 0. The molecule has 1 unspecified atom stereocenters. The van der Waals surface area contributed by atoms with Crippen LogP contribution in [0, 0.1) is 0 Å². The van der Waals surface area contributed by atoms with E-state index in [9.17, 15) is 29.4 Å². The molecule has 2 rings (SSSR count). The summed E-state index contributed by atoms with van der Waals surface area (Å²) in [5.41, 5.74) is 4.88. The van der Waals surface area contributed by atoms with E-state index in [2.05, 4.69) is 5.32 Å². The lowest BCUT2D eigenvalue weighted by atomic mass is 10.1. The van der Waals surface area contributed by atoms with Crippen molar-refractivity contribution in [2.75, 3.05) is 18.9 Å². The number of nitrogens with two attached hydrogens (primary N) is 1. The van der Waals surface area contributed by atoms with Gasteiger partial charge in [-0.1, -0.05) is 12.1 Å². The zero-order valence-electron chi connectivity index (χ0n) is 24.8. The summed E-state index contributed by atoms with van der Waals surface area (Å²) in [5, 5.41) is 22.2. The van der Waals surface area contributed by atoms with E-state index >= 15 is 0 Å². The van der Waals surface area contributed by atoms with E-state index in [4.69, 9.17) is 24.7 Å². The van der Waals surface area contributed by atoms with E-state index in [1.807, 2.05) is 0 Å². The molecule has 0 aromatic heterocycles. The van der Waals surface area contributed by atoms with Crippen molar-refractivity contribution in [2.45, 2.75) is 78.0 Å². The molecule has 2 aromatic rings. The SMILES string of the molecule is CC(C)(C)OC(=O)CC(NC(=O)CCc1cccc(O)c1OCCOc1cc(N)ccc1C(=O)O)C(=O)OC(C)(C)C. The standard InChI is InChI=1S/C30H40N2O10/c1-29(2,3)41-25(35)17-21(28(38)42-30(4,5)6)32-24(34)13-10-18-8-7-9-22(33)26(18)40-15-14-39-23-16-19(31)11-12-20(23)27(36)37/h7-9,11-12,16,21,33H,10,13-15,17,31H2,1-6H3,(H,32,34)(H,36,37). The number of carbonyl (C=O) groups is 4. The van der Waals surface area contributed by atoms with Gasteiger partial charge in [0.2, 0.25) is 5.91 Å². The predicted octanol–water partition coefficient (Wildman–Crippen LogP) is 3.62. The number of aryl methyl sites for hydroxylation is 1. The molecular weight excluding hydrogens is 548 g/mol. The van der Waals surface area contributed by atoms with Crippen molar-refractivity contribution in [2.24, 2.45) is 0 Å². The molecule has 1 amide bonds. The van der Waals surface area contributed by atoms with Crippen LogP contribution >= 0.6 is 0 Å². The molecule has 0 radical (unpaired) electrons. The Hall–Kier alpha value is -4.48. The quantitative estimate of drug-likeness (QED) is 0.152. The van der Waals surface area contributed by atoms with Crippen LogP contribution in [-0.2, 0) is 30.3 Å². The third kappa shape index (κ3) is 11.6. The maximum absolute atomic E-state index is 12.8. The van der Waals surface area contributed by atoms with Crippen molar-refractivity contribution in [3.05, 3.63) is 47.5 Å². The second kappa shape index (κ2) is 14.4. The summed E-state index contributed by atoms with van der Waals surface area (Å²) in [4.78, 5) is 49.4. The van der Waals surface area contributed by atoms with E-state index in [1.54, 1.807) is 53.7 Å². The Balaban J connectivity index is 2.04. The maximum Gasteiger partial charge on any atom is 0.339 e. The minimum Gasteiger partial charge on any atom is -0.504 e. The highest BCUT2D eigenvalue weighted by Crippen LogP contribution is 2.31. The number of aromatic carboxylic acids is 1. The van der Waals surface area contributed by atoms with Crippen LogP contribution in [0.3, 0.4) is 0 Å². The summed E-state index contributed by atoms with van der Waals surface area (Å²) in [6.07, 6.45) is -0.382. The van der Waals surface area contributed by atoms with Crippen LogP contribution in [0.15, 0.2) is 36.4 Å². The number of hydrogen-bond acceptors (Lipinski definition) is 10. The molecular formula is C30H40N2O10. The lowest BCUT2D eigenvalue weighted by molar-refractivity contribution is -0.165. The van der Waals surface area contributed by atoms with E-state index < -0.39 is 47.5 Å². The van der Waals surface area contributed by atoms with Crippen LogP contribution in [0.5, 0.6) is 17.2 Å². The molecule has 0 saturated heterocycles. The number of carbonyl (C=O) groups excluding carboxylic acids is 3. The van der Waals surface area contributed by atoms with Crippen molar-refractivity contribution < 1.29 is 48.3 Å². The fraction of sp³-hybridized carbons (Fsp3) is 0.467. The lowest BCUT2D eigenvalue weighted by Crippen LogP contribution is -2.46. The highest BCUT2D eigenvalue weighted by molar-refractivity contribution is 5.91. The number of phenols is 1. The highest BCUT2D eigenvalue weighted by atomic mass is 16.6. The van der Waals surface area contributed by atoms with Gasteiger partial charge in [-0.25, -0.2) is 9.59 Å². The van der Waals surface area contributed by atoms with Gasteiger partial charge in [-0.3, -0.25) is 9.59 Å². The molecule has 0 fully saturated rings. The summed E-state index contributed by atoms with van der Waals surface area (Å²) in [5.74, 6) is -3.11. The third-order valence-corrected chi connectivity index (χ3v) is 5.34. The van der Waals surface area contributed by atoms with Gasteiger partial charge in [0.15, 0.2) is 11.5 Å². The van der Waals surface area contributed by atoms with Crippen molar-refractivity contribution in [3.8, 4) is 17.2 Å². The van der Waals surface area contributed by atoms with E-state index in [1.165, 1.54) is 24.3 Å². The topological polar surface area (TPSA) is 184 Å². The second-order valence-electron chi connectivity index (χ2n) is 11.5. The van der Waals surface area contributed by atoms with E-state index in [0.29, 0.717) is 11.3 Å². The molecule has 0 aliphatic heterocycles. The van der Waals surface area contributed by atoms with Gasteiger partial charge >= 0.3 is 17.9 Å². The van der Waals surface area contributed by atoms with Gasteiger partial charge in [0.1, 0.15) is 41.8 Å². The van der Waals surface area contributed by atoms with Crippen molar-refractivity contribution in [3.63, 3.8) is 0 Å². The number of phenolic OH excluding ortho intramolecular Hbond substituents is 1. The molecule has 42 heavy (non-hydrogen) atoms. The van der Waals surface area contributed by atoms with Crippen molar-refractivity contribution in [1.29, 1.82) is 0 Å². The van der Waals surface area contributed by atoms with Gasteiger partial charge in [-0.05, 0) is 71.7 Å². The number of nitrogens with one attached hydrogen (secondary N) is 1. The summed E-state index contributed by atoms with van der Waals surface area (Å²) in [6, 6.07) is 7.58. The number of carboxylic acid groups (broad SMARTS) is 1. The van der Waals surface area contributed by atoms with Gasteiger partial charge in [0.05, 0.1) is 6.42 Å². The Bertz CT molecular complexity index is 1280. The molecule has 12 nitrogen and oxygen atoms in total. The molecule has 2 aromatic carbocycles. The van der Waals surface area contributed by atoms with Gasteiger partial charge in [0.25, 0.3) is 0 Å². The number of nitrogen functional groups attached to an aromatic ring is 1. The number of carboxylic acids is 1. The van der Waals surface area contributed by atoms with Crippen LogP contribution in [0.1, 0.15) is 70.3 Å². The van der Waals surface area contributed by atoms with Gasteiger partial charge in [-0.2, -0.15) is 0 Å². The number of ether oxygens (including phenoxy) is 4. The third-order valence-electron chi connectivity index (χ3n) is 5.34. The first kappa shape index (κ1) is 33.7. The molecule has 5 N–H and O–H groups in total. The first-order chi connectivity index (χ1) is 19.4. The number of para-hydroxylation sites is 1. The molecule has 12 heteroatoms. The number of hydrogen-bond donors (Lipinski definition) is 4. The first-order valence-electron chi connectivity index (χ1n) is 13.4. The number of benzene rings is 2. The summed E-state index contributed by atoms with van der Waals surface area (Å²) in [7, 11) is 0. The van der Waals surface area contributed by atoms with Crippen LogP contribution in [0.25, 0.3) is 0 Å². The molecule has 0 saturated carbocycles. The number of esters is 2. The molecule has 0 aliphatic carbocycles. The fourth-order valence-corrected chi connectivity index (χ4v) is 3.70. The second-order valence-corrected chi connectivity index (χ2v) is 11.5. The summed E-state index contributed by atoms with van der Waals surface area (Å²) in [6.45, 7) is 9.99. The average molecular weight is 589 g/mol. The molecule has 0 heterocycles.